The maximum absolute atomic E-state index is 11.5. The lowest BCUT2D eigenvalue weighted by Gasteiger charge is -2.22. The van der Waals surface area contributed by atoms with Crippen LogP contribution in [-0.2, 0) is 6.42 Å². The lowest BCUT2D eigenvalue weighted by molar-refractivity contribution is 0.0513. The number of carboxylic acids is 1. The summed E-state index contributed by atoms with van der Waals surface area (Å²) in [4.78, 5) is 11.5. The number of benzene rings is 1. The molecule has 1 saturated carbocycles. The quantitative estimate of drug-likeness (QED) is 0.524. The van der Waals surface area contributed by atoms with E-state index in [4.69, 9.17) is 0 Å². The Morgan fingerprint density at radius 2 is 2.07 bits per heavy atom. The highest BCUT2D eigenvalue weighted by Crippen LogP contribution is 2.48. The SMILES string of the molecule is CCCCC(C)(O)C/C=C/[C@H]1[C@H]2CC(Cc3ccccc3C(=O)O)=C[C@H]2C[C@H]1O. The molecule has 1 aromatic rings. The topological polar surface area (TPSA) is 77.8 Å². The van der Waals surface area contributed by atoms with Gasteiger partial charge in [0.25, 0.3) is 0 Å². The standard InChI is InChI=1S/C25H34O4/c1-3-4-11-25(2,29)12-7-10-21-22-15-17(14-19(22)16-23(21)26)13-18-8-5-6-9-20(18)24(27)28/h5-10,14,19,21-23,26,29H,3-4,11-13,15-16H2,1-2H3,(H,27,28)/b10-7+/t19-,21-,22-,23+,25?/m0/s1. The molecule has 0 radical (unpaired) electrons. The van der Waals surface area contributed by atoms with Gasteiger partial charge in [-0.25, -0.2) is 4.79 Å². The number of fused-ring (bicyclic) bond motifs is 1. The third kappa shape index (κ3) is 5.37. The maximum atomic E-state index is 11.5. The number of rotatable bonds is 9. The molecular formula is C25H34O4. The summed E-state index contributed by atoms with van der Waals surface area (Å²) in [5.41, 5.74) is 1.81. The molecule has 0 saturated heterocycles. The van der Waals surface area contributed by atoms with Crippen LogP contribution in [0.15, 0.2) is 48.1 Å². The largest absolute Gasteiger partial charge is 0.478 e. The van der Waals surface area contributed by atoms with Gasteiger partial charge in [-0.3, -0.25) is 0 Å². The van der Waals surface area contributed by atoms with E-state index in [2.05, 4.69) is 19.1 Å². The van der Waals surface area contributed by atoms with Crippen LogP contribution in [0.2, 0.25) is 0 Å². The Morgan fingerprint density at radius 1 is 1.31 bits per heavy atom. The van der Waals surface area contributed by atoms with E-state index in [0.717, 1.165) is 37.7 Å². The third-order valence-corrected chi connectivity index (χ3v) is 6.60. The number of allylic oxidation sites excluding steroid dienone is 2. The van der Waals surface area contributed by atoms with Crippen molar-refractivity contribution in [3.8, 4) is 0 Å². The predicted molar refractivity (Wildman–Crippen MR) is 115 cm³/mol. The third-order valence-electron chi connectivity index (χ3n) is 6.60. The van der Waals surface area contributed by atoms with Gasteiger partial charge in [-0.15, -0.1) is 0 Å². The minimum atomic E-state index is -0.884. The van der Waals surface area contributed by atoms with Crippen molar-refractivity contribution < 1.29 is 20.1 Å². The smallest absolute Gasteiger partial charge is 0.335 e. The zero-order valence-corrected chi connectivity index (χ0v) is 17.6. The van der Waals surface area contributed by atoms with Crippen LogP contribution in [0.1, 0.15) is 68.3 Å². The molecule has 3 rings (SSSR count). The maximum Gasteiger partial charge on any atom is 0.335 e. The van der Waals surface area contributed by atoms with Crippen molar-refractivity contribution in [2.24, 2.45) is 17.8 Å². The lowest BCUT2D eigenvalue weighted by Crippen LogP contribution is -2.23. The Morgan fingerprint density at radius 3 is 2.79 bits per heavy atom. The Balaban J connectivity index is 1.62. The van der Waals surface area contributed by atoms with E-state index in [1.165, 1.54) is 5.57 Å². The highest BCUT2D eigenvalue weighted by molar-refractivity contribution is 5.89. The molecule has 0 spiro atoms. The van der Waals surface area contributed by atoms with Crippen molar-refractivity contribution in [3.63, 3.8) is 0 Å². The highest BCUT2D eigenvalue weighted by Gasteiger charge is 2.43. The summed E-state index contributed by atoms with van der Waals surface area (Å²) < 4.78 is 0. The number of hydrogen-bond donors (Lipinski definition) is 3. The minimum Gasteiger partial charge on any atom is -0.478 e. The van der Waals surface area contributed by atoms with Crippen LogP contribution in [0.5, 0.6) is 0 Å². The van der Waals surface area contributed by atoms with Crippen molar-refractivity contribution in [1.82, 2.24) is 0 Å². The minimum absolute atomic E-state index is 0.102. The fourth-order valence-electron chi connectivity index (χ4n) is 5.00. The van der Waals surface area contributed by atoms with Gasteiger partial charge in [0, 0.05) is 5.92 Å². The van der Waals surface area contributed by atoms with Crippen molar-refractivity contribution >= 4 is 5.97 Å². The molecule has 0 bridgehead atoms. The van der Waals surface area contributed by atoms with Gasteiger partial charge >= 0.3 is 5.97 Å². The number of carboxylic acid groups (broad SMARTS) is 1. The first kappa shape index (κ1) is 21.8. The van der Waals surface area contributed by atoms with Crippen LogP contribution >= 0.6 is 0 Å². The van der Waals surface area contributed by atoms with Gasteiger partial charge in [-0.05, 0) is 62.5 Å². The second kappa shape index (κ2) is 9.27. The fourth-order valence-corrected chi connectivity index (χ4v) is 5.00. The fraction of sp³-hybridized carbons (Fsp3) is 0.560. The molecule has 0 aromatic heterocycles. The van der Waals surface area contributed by atoms with Gasteiger partial charge in [0.1, 0.15) is 0 Å². The van der Waals surface area contributed by atoms with E-state index in [1.54, 1.807) is 12.1 Å². The second-order valence-corrected chi connectivity index (χ2v) is 9.11. The summed E-state index contributed by atoms with van der Waals surface area (Å²) in [7, 11) is 0. The zero-order chi connectivity index (χ0) is 21.0. The summed E-state index contributed by atoms with van der Waals surface area (Å²) in [6.45, 7) is 4.01. The first-order valence-corrected chi connectivity index (χ1v) is 10.9. The van der Waals surface area contributed by atoms with Crippen molar-refractivity contribution in [2.75, 3.05) is 0 Å². The highest BCUT2D eigenvalue weighted by atomic mass is 16.4. The van der Waals surface area contributed by atoms with Crippen LogP contribution in [0, 0.1) is 17.8 Å². The number of carbonyl (C=O) groups is 1. The molecule has 4 heteroatoms. The summed E-state index contributed by atoms with van der Waals surface area (Å²) in [6.07, 6.45) is 11.9. The first-order valence-electron chi connectivity index (χ1n) is 10.9. The van der Waals surface area contributed by atoms with Gasteiger partial charge in [-0.2, -0.15) is 0 Å². The van der Waals surface area contributed by atoms with E-state index in [1.807, 2.05) is 25.1 Å². The summed E-state index contributed by atoms with van der Waals surface area (Å²) >= 11 is 0. The first-order chi connectivity index (χ1) is 13.8. The van der Waals surface area contributed by atoms with Gasteiger partial charge < -0.3 is 15.3 Å². The van der Waals surface area contributed by atoms with Gasteiger partial charge in [0.2, 0.25) is 0 Å². The van der Waals surface area contributed by atoms with E-state index >= 15 is 0 Å². The van der Waals surface area contributed by atoms with E-state index in [0.29, 0.717) is 30.2 Å². The molecule has 3 N–H and O–H groups in total. The molecule has 1 fully saturated rings. The monoisotopic (exact) mass is 398 g/mol. The number of unbranched alkanes of at least 4 members (excludes halogenated alkanes) is 1. The summed E-state index contributed by atoms with van der Waals surface area (Å²) in [6, 6.07) is 7.20. The molecule has 29 heavy (non-hydrogen) atoms. The predicted octanol–water partition coefficient (Wildman–Crippen LogP) is 4.76. The number of aromatic carboxylic acids is 1. The second-order valence-electron chi connectivity index (χ2n) is 9.11. The van der Waals surface area contributed by atoms with Crippen LogP contribution in [0.4, 0.5) is 0 Å². The zero-order valence-electron chi connectivity index (χ0n) is 17.6. The molecular weight excluding hydrogens is 364 g/mol. The molecule has 2 aliphatic rings. The molecule has 158 valence electrons. The number of hydrogen-bond acceptors (Lipinski definition) is 3. The lowest BCUT2D eigenvalue weighted by atomic mass is 9.87. The molecule has 4 nitrogen and oxygen atoms in total. The molecule has 0 heterocycles. The molecule has 1 unspecified atom stereocenters. The normalized spacial score (nSPS) is 28.3. The van der Waals surface area contributed by atoms with Crippen LogP contribution in [0.25, 0.3) is 0 Å². The molecule has 5 atom stereocenters. The number of aliphatic hydroxyl groups excluding tert-OH is 1. The van der Waals surface area contributed by atoms with Crippen molar-refractivity contribution in [3.05, 3.63) is 59.2 Å². The Labute approximate surface area is 174 Å². The van der Waals surface area contributed by atoms with Gasteiger partial charge in [-0.1, -0.05) is 61.8 Å². The molecule has 0 aliphatic heterocycles. The molecule has 1 aromatic carbocycles. The average Bonchev–Trinajstić information content (AvgIpc) is 3.17. The summed E-state index contributed by atoms with van der Waals surface area (Å²) in [5, 5.41) is 30.4. The Hall–Kier alpha value is -1.91. The molecule has 2 aliphatic carbocycles. The van der Waals surface area contributed by atoms with Gasteiger partial charge in [0.05, 0.1) is 17.3 Å². The Kier molecular flexibility index (Phi) is 6.97. The van der Waals surface area contributed by atoms with E-state index < -0.39 is 11.6 Å². The van der Waals surface area contributed by atoms with E-state index in [-0.39, 0.29) is 12.0 Å². The van der Waals surface area contributed by atoms with E-state index in [9.17, 15) is 20.1 Å². The van der Waals surface area contributed by atoms with Gasteiger partial charge in [0.15, 0.2) is 0 Å². The van der Waals surface area contributed by atoms with Crippen LogP contribution in [-0.4, -0.2) is 33.0 Å². The average molecular weight is 399 g/mol. The van der Waals surface area contributed by atoms with Crippen LogP contribution < -0.4 is 0 Å². The Bertz CT molecular complexity index is 777. The number of aliphatic hydroxyl groups is 2. The van der Waals surface area contributed by atoms with Crippen molar-refractivity contribution in [2.45, 2.75) is 70.5 Å². The van der Waals surface area contributed by atoms with Crippen LogP contribution in [0.3, 0.4) is 0 Å². The summed E-state index contributed by atoms with van der Waals surface area (Å²) in [5.74, 6) is -0.0581. The molecule has 0 amide bonds. The van der Waals surface area contributed by atoms with Crippen molar-refractivity contribution in [1.29, 1.82) is 0 Å².